The summed E-state index contributed by atoms with van der Waals surface area (Å²) in [4.78, 5) is 11.5. The van der Waals surface area contributed by atoms with Gasteiger partial charge in [0.2, 0.25) is 0 Å². The molecule has 11 heavy (non-hydrogen) atoms. The van der Waals surface area contributed by atoms with Crippen LogP contribution in [0.25, 0.3) is 0 Å². The Balaban J connectivity index is 2.75. The Bertz CT molecular complexity index is 177. The van der Waals surface area contributed by atoms with Gasteiger partial charge in [-0.25, -0.2) is 0 Å². The summed E-state index contributed by atoms with van der Waals surface area (Å²) in [5.74, 6) is 0.293. The van der Waals surface area contributed by atoms with Gasteiger partial charge in [-0.15, -0.1) is 0 Å². The lowest BCUT2D eigenvalue weighted by atomic mass is 9.77. The maximum atomic E-state index is 11.4. The second-order valence-corrected chi connectivity index (χ2v) is 5.78. The average Bonchev–Trinajstić information content (AvgIpc) is 1.95. The molecule has 1 aliphatic rings. The number of ketones is 1. The number of hydrogen-bond donors (Lipinski definition) is 0. The minimum absolute atomic E-state index is 0.0214. The summed E-state index contributed by atoms with van der Waals surface area (Å²) in [6, 6.07) is 0. The van der Waals surface area contributed by atoms with Crippen LogP contribution in [0.4, 0.5) is 0 Å². The van der Waals surface area contributed by atoms with Gasteiger partial charge in [-0.05, 0) is 18.3 Å². The maximum absolute atomic E-state index is 11.4. The zero-order valence-electron chi connectivity index (χ0n) is 6.73. The number of alkyl halides is 2. The van der Waals surface area contributed by atoms with Crippen LogP contribution in [0.1, 0.15) is 26.7 Å². The number of rotatable bonds is 0. The summed E-state index contributed by atoms with van der Waals surface area (Å²) in [7, 11) is 0. The van der Waals surface area contributed by atoms with Crippen LogP contribution in [0.15, 0.2) is 0 Å². The number of carbonyl (C=O) groups is 1. The summed E-state index contributed by atoms with van der Waals surface area (Å²) >= 11 is 6.80. The van der Waals surface area contributed by atoms with Crippen molar-refractivity contribution >= 4 is 37.6 Å². The predicted molar refractivity (Wildman–Crippen MR) is 53.5 cm³/mol. The third kappa shape index (κ3) is 1.86. The van der Waals surface area contributed by atoms with E-state index in [1.807, 2.05) is 0 Å². The summed E-state index contributed by atoms with van der Waals surface area (Å²) in [6.45, 7) is 4.26. The Morgan fingerprint density at radius 3 is 2.45 bits per heavy atom. The Kier molecular flexibility index (Phi) is 2.80. The molecule has 2 atom stereocenters. The summed E-state index contributed by atoms with van der Waals surface area (Å²) in [5, 5.41) is 0. The number of halogens is 2. The van der Waals surface area contributed by atoms with Gasteiger partial charge in [-0.3, -0.25) is 4.79 Å². The van der Waals surface area contributed by atoms with Gasteiger partial charge in [0, 0.05) is 0 Å². The van der Waals surface area contributed by atoms with E-state index in [0.717, 1.165) is 12.8 Å². The van der Waals surface area contributed by atoms with E-state index < -0.39 is 0 Å². The Hall–Kier alpha value is 0.630. The zero-order chi connectivity index (χ0) is 8.65. The van der Waals surface area contributed by atoms with Gasteiger partial charge >= 0.3 is 0 Å². The van der Waals surface area contributed by atoms with Crippen molar-refractivity contribution in [3.63, 3.8) is 0 Å². The van der Waals surface area contributed by atoms with Crippen molar-refractivity contribution in [1.29, 1.82) is 0 Å². The monoisotopic (exact) mass is 282 g/mol. The van der Waals surface area contributed by atoms with E-state index in [9.17, 15) is 4.79 Å². The predicted octanol–water partition coefficient (Wildman–Crippen LogP) is 2.90. The van der Waals surface area contributed by atoms with Gasteiger partial charge in [-0.1, -0.05) is 45.7 Å². The maximum Gasteiger partial charge on any atom is 0.160 e. The van der Waals surface area contributed by atoms with Crippen LogP contribution in [0.3, 0.4) is 0 Å². The van der Waals surface area contributed by atoms with Gasteiger partial charge in [0.1, 0.15) is 0 Å². The van der Waals surface area contributed by atoms with Gasteiger partial charge in [-0.2, -0.15) is 0 Å². The molecule has 0 heterocycles. The fourth-order valence-corrected chi connectivity index (χ4v) is 2.71. The van der Waals surface area contributed by atoms with Crippen LogP contribution in [0.5, 0.6) is 0 Å². The Morgan fingerprint density at radius 2 is 2.00 bits per heavy atom. The van der Waals surface area contributed by atoms with Crippen molar-refractivity contribution in [2.45, 2.75) is 36.3 Å². The summed E-state index contributed by atoms with van der Waals surface area (Å²) < 4.78 is 0. The highest BCUT2D eigenvalue weighted by Gasteiger charge is 2.40. The molecule has 1 aliphatic carbocycles. The molecule has 0 bridgehead atoms. The lowest BCUT2D eigenvalue weighted by Gasteiger charge is -2.35. The van der Waals surface area contributed by atoms with Crippen molar-refractivity contribution in [2.24, 2.45) is 5.41 Å². The van der Waals surface area contributed by atoms with Crippen molar-refractivity contribution in [3.05, 3.63) is 0 Å². The number of Topliss-reactive ketones (excluding diaryl/α,β-unsaturated/α-hetero) is 1. The van der Waals surface area contributed by atoms with E-state index in [2.05, 4.69) is 45.7 Å². The Morgan fingerprint density at radius 1 is 1.45 bits per heavy atom. The lowest BCUT2D eigenvalue weighted by molar-refractivity contribution is -0.121. The molecule has 0 spiro atoms. The highest BCUT2D eigenvalue weighted by molar-refractivity contribution is 9.10. The molecular weight excluding hydrogens is 272 g/mol. The van der Waals surface area contributed by atoms with Crippen molar-refractivity contribution in [1.82, 2.24) is 0 Å². The molecular formula is C8H12Br2O. The van der Waals surface area contributed by atoms with E-state index in [0.29, 0.717) is 5.78 Å². The molecule has 1 saturated carbocycles. The largest absolute Gasteiger partial charge is 0.297 e. The minimum atomic E-state index is 0.0214. The van der Waals surface area contributed by atoms with Gasteiger partial charge in [0.15, 0.2) is 5.78 Å². The molecule has 0 aromatic carbocycles. The van der Waals surface area contributed by atoms with Crippen LogP contribution in [-0.4, -0.2) is 15.4 Å². The van der Waals surface area contributed by atoms with Crippen molar-refractivity contribution in [3.8, 4) is 0 Å². The van der Waals surface area contributed by atoms with Crippen LogP contribution in [0, 0.1) is 5.41 Å². The van der Waals surface area contributed by atoms with Crippen LogP contribution in [0.2, 0.25) is 0 Å². The molecule has 0 aromatic heterocycles. The third-order valence-corrected chi connectivity index (χ3v) is 4.89. The first-order valence-corrected chi connectivity index (χ1v) is 5.60. The van der Waals surface area contributed by atoms with Gasteiger partial charge in [0.25, 0.3) is 0 Å². The third-order valence-electron chi connectivity index (χ3n) is 2.29. The second-order valence-electron chi connectivity index (χ2n) is 3.76. The summed E-state index contributed by atoms with van der Waals surface area (Å²) in [6.07, 6.45) is 2.07. The van der Waals surface area contributed by atoms with Crippen LogP contribution in [-0.2, 0) is 4.79 Å². The summed E-state index contributed by atoms with van der Waals surface area (Å²) in [5.41, 5.74) is 0.126. The molecule has 0 aliphatic heterocycles. The molecule has 0 amide bonds. The van der Waals surface area contributed by atoms with Crippen LogP contribution < -0.4 is 0 Å². The van der Waals surface area contributed by atoms with E-state index in [4.69, 9.17) is 0 Å². The molecule has 1 fully saturated rings. The molecule has 0 N–H and O–H groups in total. The minimum Gasteiger partial charge on any atom is -0.297 e. The molecule has 1 nitrogen and oxygen atoms in total. The highest BCUT2D eigenvalue weighted by Crippen LogP contribution is 2.40. The molecule has 0 radical (unpaired) electrons. The number of hydrogen-bond acceptors (Lipinski definition) is 1. The normalized spacial score (nSPS) is 37.3. The molecule has 1 rings (SSSR count). The zero-order valence-corrected chi connectivity index (χ0v) is 9.91. The quantitative estimate of drug-likeness (QED) is 0.625. The van der Waals surface area contributed by atoms with E-state index in [1.165, 1.54) is 0 Å². The van der Waals surface area contributed by atoms with Gasteiger partial charge in [0.05, 0.1) is 9.65 Å². The standard InChI is InChI=1S/C8H12Br2O/c1-8(2)4-3-5(9)6(11)7(8)10/h5,7H,3-4H2,1-2H3. The topological polar surface area (TPSA) is 17.1 Å². The van der Waals surface area contributed by atoms with E-state index >= 15 is 0 Å². The molecule has 3 heteroatoms. The highest BCUT2D eigenvalue weighted by atomic mass is 79.9. The molecule has 0 aromatic rings. The second kappa shape index (κ2) is 3.17. The van der Waals surface area contributed by atoms with Gasteiger partial charge < -0.3 is 0 Å². The first-order chi connectivity index (χ1) is 4.95. The fourth-order valence-electron chi connectivity index (χ4n) is 1.31. The molecule has 64 valence electrons. The fraction of sp³-hybridized carbons (Fsp3) is 0.875. The number of carbonyl (C=O) groups excluding carboxylic acids is 1. The average molecular weight is 284 g/mol. The van der Waals surface area contributed by atoms with E-state index in [1.54, 1.807) is 0 Å². The first kappa shape index (κ1) is 9.72. The first-order valence-electron chi connectivity index (χ1n) is 3.77. The molecule has 2 unspecified atom stereocenters. The van der Waals surface area contributed by atoms with E-state index in [-0.39, 0.29) is 15.1 Å². The SMILES string of the molecule is CC1(C)CCC(Br)C(=O)C1Br. The Labute approximate surface area is 84.2 Å². The smallest absolute Gasteiger partial charge is 0.160 e. The molecule has 0 saturated heterocycles. The lowest BCUT2D eigenvalue weighted by Crippen LogP contribution is -2.41. The van der Waals surface area contributed by atoms with Crippen LogP contribution >= 0.6 is 31.9 Å². The van der Waals surface area contributed by atoms with Crippen molar-refractivity contribution in [2.75, 3.05) is 0 Å². The van der Waals surface area contributed by atoms with Crippen molar-refractivity contribution < 1.29 is 4.79 Å².